The van der Waals surface area contributed by atoms with Crippen molar-refractivity contribution in [3.05, 3.63) is 0 Å². The summed E-state index contributed by atoms with van der Waals surface area (Å²) in [4.78, 5) is 0. The fourth-order valence-electron chi connectivity index (χ4n) is 0. The van der Waals surface area contributed by atoms with Gasteiger partial charge in [0.05, 0.1) is 0 Å². The molecule has 0 heterocycles. The van der Waals surface area contributed by atoms with Crippen molar-refractivity contribution in [3.8, 4) is 0 Å². The van der Waals surface area contributed by atoms with Crippen LogP contribution in [0.4, 0.5) is 0 Å². The van der Waals surface area contributed by atoms with Gasteiger partial charge in [0.15, 0.2) is 0 Å². The third kappa shape index (κ3) is 15100. The molecule has 0 spiro atoms. The Balaban J connectivity index is -0.00000000964. The fraction of sp³-hybridized carbons (Fsp3) is 1.00. The number of aliphatic hydroxyl groups is 12. The van der Waals surface area contributed by atoms with Crippen LogP contribution in [0.5, 0.6) is 0 Å². The first-order valence-corrected chi connectivity index (χ1v) is 6.56. The van der Waals surface area contributed by atoms with Gasteiger partial charge in [-0.05, 0) is 41.5 Å². The third-order valence-electron chi connectivity index (χ3n) is 0. The van der Waals surface area contributed by atoms with Crippen molar-refractivity contribution in [1.29, 1.82) is 0 Å². The summed E-state index contributed by atoms with van der Waals surface area (Å²) in [7, 11) is 0. The van der Waals surface area contributed by atoms with Crippen LogP contribution < -0.4 is 0 Å². The molecule has 0 radical (unpaired) electrons. The molecule has 0 aliphatic heterocycles. The Morgan fingerprint density at radius 3 is 0.250 bits per heavy atom. The molecular formula is C12H46O17W3. The van der Waals surface area contributed by atoms with Crippen molar-refractivity contribution in [1.82, 2.24) is 0 Å². The van der Waals surface area contributed by atoms with Crippen LogP contribution in [0, 0.1) is 0 Å². The van der Waals surface area contributed by atoms with Crippen LogP contribution in [-0.2, 0) is 63.2 Å². The summed E-state index contributed by atoms with van der Waals surface area (Å²) in [5.74, 6) is 0. The molecule has 214 valence electrons. The van der Waals surface area contributed by atoms with Crippen molar-refractivity contribution in [2.45, 2.75) is 79.3 Å². The molecule has 0 fully saturated rings. The van der Waals surface area contributed by atoms with E-state index < -0.39 is 37.7 Å². The first kappa shape index (κ1) is 93.2. The summed E-state index contributed by atoms with van der Waals surface area (Å²) in [5.41, 5.74) is 0. The molecule has 0 aromatic rings. The molecule has 0 bridgehead atoms. The molecule has 0 aliphatic carbocycles. The Kier molecular flexibility index (Phi) is 247. The minimum atomic E-state index is -1.17. The van der Waals surface area contributed by atoms with Gasteiger partial charge in [-0.25, -0.2) is 0 Å². The summed E-state index contributed by atoms with van der Waals surface area (Å²) in [6.45, 7) is 7.67. The first-order valence-electron chi connectivity index (χ1n) is 6.56. The van der Waals surface area contributed by atoms with Gasteiger partial charge in [0.1, 0.15) is 37.7 Å². The van der Waals surface area contributed by atoms with Crippen molar-refractivity contribution in [2.75, 3.05) is 0 Å². The van der Waals surface area contributed by atoms with Crippen LogP contribution in [0.3, 0.4) is 0 Å². The molecule has 0 atom stereocenters. The number of rotatable bonds is 0. The molecule has 0 unspecified atom stereocenters. The van der Waals surface area contributed by atoms with Gasteiger partial charge < -0.3 is 88.7 Å². The van der Waals surface area contributed by atoms with Gasteiger partial charge in [-0.3, -0.25) is 0 Å². The van der Waals surface area contributed by atoms with E-state index >= 15 is 0 Å². The average molecular weight is 1010 g/mol. The van der Waals surface area contributed by atoms with Gasteiger partial charge in [0.25, 0.3) is 0 Å². The van der Waals surface area contributed by atoms with Crippen LogP contribution in [0.1, 0.15) is 41.5 Å². The Hall–Kier alpha value is 1.38. The van der Waals surface area contributed by atoms with Crippen LogP contribution in [0.25, 0.3) is 0 Å². The van der Waals surface area contributed by atoms with E-state index in [0.29, 0.717) is 0 Å². The maximum atomic E-state index is 7.61. The molecule has 0 rings (SSSR count). The van der Waals surface area contributed by atoms with E-state index in [4.69, 9.17) is 61.3 Å². The monoisotopic (exact) mass is 1010 g/mol. The number of hydrogen-bond donors (Lipinski definition) is 12. The standard InChI is InChI=1S/6C2H6O2.5H2O.3W/c6*1-2(3)4;;;;;;;;/h6*2-4H,1H3;5*1H2;;;. The van der Waals surface area contributed by atoms with Gasteiger partial charge in [-0.15, -0.1) is 0 Å². The Morgan fingerprint density at radius 1 is 0.250 bits per heavy atom. The molecule has 17 nitrogen and oxygen atoms in total. The molecule has 0 aromatic carbocycles. The zero-order chi connectivity index (χ0) is 21.5. The minimum Gasteiger partial charge on any atom is -0.412 e. The molecule has 0 amide bonds. The minimum absolute atomic E-state index is 0. The predicted molar refractivity (Wildman–Crippen MR) is 101 cm³/mol. The van der Waals surface area contributed by atoms with Gasteiger partial charge in [0.2, 0.25) is 0 Å². The van der Waals surface area contributed by atoms with Gasteiger partial charge in [-0.2, -0.15) is 0 Å². The molecule has 0 saturated carbocycles. The Labute approximate surface area is 230 Å². The number of hydrogen-bond acceptors (Lipinski definition) is 12. The van der Waals surface area contributed by atoms with E-state index in [-0.39, 0.29) is 90.6 Å². The van der Waals surface area contributed by atoms with Crippen molar-refractivity contribution in [2.24, 2.45) is 0 Å². The van der Waals surface area contributed by atoms with E-state index in [1.165, 1.54) is 41.5 Å². The Bertz CT molecular complexity index is 118. The van der Waals surface area contributed by atoms with E-state index in [0.717, 1.165) is 0 Å². The molecular weight excluding hydrogens is 968 g/mol. The van der Waals surface area contributed by atoms with Crippen molar-refractivity contribution < 1.29 is 152 Å². The predicted octanol–water partition coefficient (Wildman–Crippen LogP) is -8.23. The van der Waals surface area contributed by atoms with Crippen LogP contribution in [0.2, 0.25) is 0 Å². The molecule has 0 saturated heterocycles. The average Bonchev–Trinajstić information content (AvgIpc) is 2.08. The van der Waals surface area contributed by atoms with E-state index in [2.05, 4.69) is 0 Å². The molecule has 0 aromatic heterocycles. The van der Waals surface area contributed by atoms with Crippen molar-refractivity contribution >= 4 is 0 Å². The molecule has 0 aliphatic rings. The second-order valence-electron chi connectivity index (χ2n) is 3.79. The summed E-state index contributed by atoms with van der Waals surface area (Å²) >= 11 is 0. The third-order valence-corrected chi connectivity index (χ3v) is 0. The molecule has 32 heavy (non-hydrogen) atoms. The summed E-state index contributed by atoms with van der Waals surface area (Å²) in [6.07, 6.45) is -7.00. The largest absolute Gasteiger partial charge is 0.412 e. The zero-order valence-corrected chi connectivity index (χ0v) is 27.4. The fourth-order valence-corrected chi connectivity index (χ4v) is 0. The summed E-state index contributed by atoms with van der Waals surface area (Å²) in [6, 6.07) is 0. The maximum absolute atomic E-state index is 7.61. The van der Waals surface area contributed by atoms with E-state index in [9.17, 15) is 0 Å². The smallest absolute Gasteiger partial charge is 0.148 e. The van der Waals surface area contributed by atoms with Crippen LogP contribution in [-0.4, -0.2) is 126 Å². The summed E-state index contributed by atoms with van der Waals surface area (Å²) < 4.78 is 0. The quantitative estimate of drug-likeness (QED) is 0.101. The normalized spacial score (nSPS) is 6.75. The van der Waals surface area contributed by atoms with Gasteiger partial charge in [-0.1, -0.05) is 0 Å². The second-order valence-corrected chi connectivity index (χ2v) is 3.79. The summed E-state index contributed by atoms with van der Waals surface area (Å²) in [5, 5.41) is 91.3. The van der Waals surface area contributed by atoms with Crippen LogP contribution >= 0.6 is 0 Å². The maximum Gasteiger partial charge on any atom is 0.148 e. The van der Waals surface area contributed by atoms with Gasteiger partial charge in [0, 0.05) is 63.2 Å². The zero-order valence-electron chi connectivity index (χ0n) is 18.6. The number of aliphatic hydroxyl groups excluding tert-OH is 6. The Morgan fingerprint density at radius 2 is 0.250 bits per heavy atom. The molecule has 22 N–H and O–H groups in total. The topological polar surface area (TPSA) is 400 Å². The SMILES string of the molecule is CC(O)O.CC(O)O.CC(O)O.CC(O)O.CC(O)O.CC(O)O.O.O.O.O.O.[W].[W].[W]. The first-order chi connectivity index (χ1) is 10.4. The van der Waals surface area contributed by atoms with Gasteiger partial charge >= 0.3 is 0 Å². The second kappa shape index (κ2) is 84.9. The van der Waals surface area contributed by atoms with E-state index in [1.807, 2.05) is 0 Å². The van der Waals surface area contributed by atoms with Crippen LogP contribution in [0.15, 0.2) is 0 Å². The van der Waals surface area contributed by atoms with Crippen molar-refractivity contribution in [3.63, 3.8) is 0 Å². The van der Waals surface area contributed by atoms with E-state index in [1.54, 1.807) is 0 Å². The molecule has 20 heteroatoms.